The molecule has 0 nitrogen and oxygen atoms in total. The molecule has 0 heterocycles. The summed E-state index contributed by atoms with van der Waals surface area (Å²) >= 11 is 0. The monoisotopic (exact) mass is 154 g/mol. The van der Waals surface area contributed by atoms with Crippen LogP contribution in [0.25, 0.3) is 0 Å². The number of hydrogen-bond donors (Lipinski definition) is 0. The van der Waals surface area contributed by atoms with E-state index in [-0.39, 0.29) is 7.43 Å². The Kier molecular flexibility index (Phi) is 9.03. The molecule has 0 fully saturated rings. The molecule has 11 heavy (non-hydrogen) atoms. The van der Waals surface area contributed by atoms with E-state index in [1.807, 2.05) is 13.8 Å². The van der Waals surface area contributed by atoms with Crippen LogP contribution in [0.1, 0.15) is 48.0 Å². The highest BCUT2D eigenvalue weighted by atomic mass is 14.0. The van der Waals surface area contributed by atoms with Gasteiger partial charge in [0.25, 0.3) is 0 Å². The van der Waals surface area contributed by atoms with Crippen LogP contribution in [0.4, 0.5) is 0 Å². The molecule has 66 valence electrons. The maximum atomic E-state index is 2.24. The molecule has 1 aliphatic rings. The van der Waals surface area contributed by atoms with Crippen molar-refractivity contribution in [3.05, 3.63) is 23.3 Å². The van der Waals surface area contributed by atoms with Crippen LogP contribution in [0.3, 0.4) is 0 Å². The molecule has 0 radical (unpaired) electrons. The van der Waals surface area contributed by atoms with Gasteiger partial charge in [-0.25, -0.2) is 0 Å². The molecular weight excluding hydrogens is 132 g/mol. The molecule has 0 N–H and O–H groups in total. The summed E-state index contributed by atoms with van der Waals surface area (Å²) in [5.74, 6) is 0. The lowest BCUT2D eigenvalue weighted by Crippen LogP contribution is -1.85. The van der Waals surface area contributed by atoms with Crippen LogP contribution in [-0.4, -0.2) is 0 Å². The number of rotatable bonds is 0. The fourth-order valence-corrected chi connectivity index (χ4v) is 0.899. The van der Waals surface area contributed by atoms with Crippen molar-refractivity contribution in [2.24, 2.45) is 0 Å². The Labute approximate surface area is 72.0 Å². The van der Waals surface area contributed by atoms with E-state index in [9.17, 15) is 0 Å². The van der Waals surface area contributed by atoms with Gasteiger partial charge in [0.2, 0.25) is 0 Å². The number of hydrogen-bond acceptors (Lipinski definition) is 0. The molecule has 0 bridgehead atoms. The molecule has 1 rings (SSSR count). The maximum absolute atomic E-state index is 2.24. The fourth-order valence-electron chi connectivity index (χ4n) is 0.899. The van der Waals surface area contributed by atoms with Gasteiger partial charge < -0.3 is 0 Å². The quantitative estimate of drug-likeness (QED) is 0.487. The summed E-state index contributed by atoms with van der Waals surface area (Å²) in [6, 6.07) is 0. The summed E-state index contributed by atoms with van der Waals surface area (Å²) in [4.78, 5) is 0. The highest BCUT2D eigenvalue weighted by Gasteiger charge is 1.96. The Morgan fingerprint density at radius 3 is 2.00 bits per heavy atom. The molecule has 0 unspecified atom stereocenters. The first-order valence-electron chi connectivity index (χ1n) is 4.13. The number of allylic oxidation sites excluding steroid dienone is 4. The molecule has 0 saturated carbocycles. The predicted molar refractivity (Wildman–Crippen MR) is 54.8 cm³/mol. The second-order valence-corrected chi connectivity index (χ2v) is 2.40. The van der Waals surface area contributed by atoms with Gasteiger partial charge in [0.05, 0.1) is 0 Å². The topological polar surface area (TPSA) is 0 Å². The SMILES string of the molecule is C.CC.CC1=C(C)CCC=C1. The summed E-state index contributed by atoms with van der Waals surface area (Å²) in [5.41, 5.74) is 3.00. The molecule has 0 heteroatoms. The van der Waals surface area contributed by atoms with Gasteiger partial charge in [-0.3, -0.25) is 0 Å². The third-order valence-electron chi connectivity index (χ3n) is 1.73. The van der Waals surface area contributed by atoms with Crippen LogP contribution < -0.4 is 0 Å². The molecule has 1 aliphatic carbocycles. The first-order chi connectivity index (χ1) is 4.80. The zero-order valence-electron chi connectivity index (χ0n) is 7.57. The summed E-state index contributed by atoms with van der Waals surface area (Å²) in [6.07, 6.45) is 6.95. The van der Waals surface area contributed by atoms with Gasteiger partial charge in [-0.1, -0.05) is 44.6 Å². The van der Waals surface area contributed by atoms with E-state index in [1.54, 1.807) is 5.57 Å². The molecule has 0 saturated heterocycles. The van der Waals surface area contributed by atoms with E-state index in [4.69, 9.17) is 0 Å². The third-order valence-corrected chi connectivity index (χ3v) is 1.73. The minimum atomic E-state index is 0. The van der Waals surface area contributed by atoms with E-state index < -0.39 is 0 Å². The Morgan fingerprint density at radius 2 is 1.73 bits per heavy atom. The normalized spacial score (nSPS) is 14.9. The second-order valence-electron chi connectivity index (χ2n) is 2.40. The first-order valence-corrected chi connectivity index (χ1v) is 4.13. The van der Waals surface area contributed by atoms with Gasteiger partial charge in [0.1, 0.15) is 0 Å². The third kappa shape index (κ3) is 4.83. The maximum Gasteiger partial charge on any atom is -0.0282 e. The van der Waals surface area contributed by atoms with Crippen molar-refractivity contribution in [1.82, 2.24) is 0 Å². The lowest BCUT2D eigenvalue weighted by atomic mass is 10.0. The van der Waals surface area contributed by atoms with Gasteiger partial charge in [-0.2, -0.15) is 0 Å². The standard InChI is InChI=1S/C8H12.C2H6.CH4/c1-7-5-3-4-6-8(7)2;1-2;/h3,5H,4,6H2,1-2H3;1-2H3;1H4. The molecule has 0 aromatic rings. The van der Waals surface area contributed by atoms with E-state index >= 15 is 0 Å². The van der Waals surface area contributed by atoms with Gasteiger partial charge in [-0.05, 0) is 26.7 Å². The second kappa shape index (κ2) is 7.59. The molecule has 0 atom stereocenters. The van der Waals surface area contributed by atoms with Crippen molar-refractivity contribution in [3.63, 3.8) is 0 Å². The van der Waals surface area contributed by atoms with Crippen LogP contribution >= 0.6 is 0 Å². The van der Waals surface area contributed by atoms with E-state index in [2.05, 4.69) is 26.0 Å². The highest BCUT2D eigenvalue weighted by Crippen LogP contribution is 2.16. The summed E-state index contributed by atoms with van der Waals surface area (Å²) in [6.45, 7) is 8.38. The Bertz CT molecular complexity index is 138. The van der Waals surface area contributed by atoms with Crippen molar-refractivity contribution < 1.29 is 0 Å². The zero-order chi connectivity index (χ0) is 7.98. The lowest BCUT2D eigenvalue weighted by Gasteiger charge is -2.06. The smallest absolute Gasteiger partial charge is 0.0282 e. The van der Waals surface area contributed by atoms with Crippen molar-refractivity contribution in [1.29, 1.82) is 0 Å². The van der Waals surface area contributed by atoms with Crippen LogP contribution in [0, 0.1) is 0 Å². The summed E-state index contributed by atoms with van der Waals surface area (Å²) in [7, 11) is 0. The summed E-state index contributed by atoms with van der Waals surface area (Å²) < 4.78 is 0. The minimum absolute atomic E-state index is 0. The molecule has 0 aromatic heterocycles. The summed E-state index contributed by atoms with van der Waals surface area (Å²) in [5, 5.41) is 0. The van der Waals surface area contributed by atoms with Crippen molar-refractivity contribution >= 4 is 0 Å². The first kappa shape index (κ1) is 13.1. The lowest BCUT2D eigenvalue weighted by molar-refractivity contribution is 0.939. The molecule has 0 aromatic carbocycles. The van der Waals surface area contributed by atoms with Gasteiger partial charge in [0, 0.05) is 0 Å². The van der Waals surface area contributed by atoms with Gasteiger partial charge >= 0.3 is 0 Å². The average molecular weight is 154 g/mol. The van der Waals surface area contributed by atoms with Crippen LogP contribution in [0.2, 0.25) is 0 Å². The molecule has 0 spiro atoms. The van der Waals surface area contributed by atoms with Crippen molar-refractivity contribution in [3.8, 4) is 0 Å². The van der Waals surface area contributed by atoms with Gasteiger partial charge in [0.15, 0.2) is 0 Å². The van der Waals surface area contributed by atoms with Crippen molar-refractivity contribution in [2.75, 3.05) is 0 Å². The van der Waals surface area contributed by atoms with E-state index in [0.717, 1.165) is 0 Å². The Morgan fingerprint density at radius 1 is 1.18 bits per heavy atom. The van der Waals surface area contributed by atoms with Crippen molar-refractivity contribution in [2.45, 2.75) is 48.0 Å². The van der Waals surface area contributed by atoms with E-state index in [0.29, 0.717) is 0 Å². The predicted octanol–water partition coefficient (Wildman–Crippen LogP) is 4.34. The Hall–Kier alpha value is -0.520. The van der Waals surface area contributed by atoms with Crippen LogP contribution in [-0.2, 0) is 0 Å². The van der Waals surface area contributed by atoms with Crippen LogP contribution in [0.15, 0.2) is 23.3 Å². The zero-order valence-corrected chi connectivity index (χ0v) is 7.57. The van der Waals surface area contributed by atoms with Crippen LogP contribution in [0.5, 0.6) is 0 Å². The highest BCUT2D eigenvalue weighted by molar-refractivity contribution is 5.25. The average Bonchev–Trinajstić information content (AvgIpc) is 2.00. The fraction of sp³-hybridized carbons (Fsp3) is 0.636. The molecule has 0 aliphatic heterocycles. The Balaban J connectivity index is 0. The largest absolute Gasteiger partial charge is 0.0840 e. The molecule has 0 amide bonds. The van der Waals surface area contributed by atoms with E-state index in [1.165, 1.54) is 18.4 Å². The molecular formula is C11H22. The van der Waals surface area contributed by atoms with Gasteiger partial charge in [-0.15, -0.1) is 0 Å². The minimum Gasteiger partial charge on any atom is -0.0840 e.